The van der Waals surface area contributed by atoms with E-state index in [-0.39, 0.29) is 5.41 Å². The molecule has 20 heavy (non-hydrogen) atoms. The molecule has 0 saturated heterocycles. The van der Waals surface area contributed by atoms with Gasteiger partial charge in [-0.25, -0.2) is 9.97 Å². The highest BCUT2D eigenvalue weighted by atomic mass is 32.1. The molecule has 3 rings (SSSR count). The van der Waals surface area contributed by atoms with Crippen molar-refractivity contribution in [2.75, 3.05) is 0 Å². The Morgan fingerprint density at radius 2 is 2.00 bits per heavy atom. The summed E-state index contributed by atoms with van der Waals surface area (Å²) in [5.74, 6) is 1.03. The van der Waals surface area contributed by atoms with Crippen LogP contribution in [0.4, 0.5) is 0 Å². The molecule has 3 aromatic rings. The van der Waals surface area contributed by atoms with Gasteiger partial charge in [-0.15, -0.1) is 11.3 Å². The average Bonchev–Trinajstić information content (AvgIpc) is 2.93. The smallest absolute Gasteiger partial charge is 0.160 e. The summed E-state index contributed by atoms with van der Waals surface area (Å²) in [6, 6.07) is 8.28. The maximum absolute atomic E-state index is 4.79. The van der Waals surface area contributed by atoms with E-state index in [9.17, 15) is 0 Å². The molecule has 0 unspecified atom stereocenters. The minimum Gasteiger partial charge on any atom is -0.307 e. The molecular weight excluding hydrogens is 266 g/mol. The van der Waals surface area contributed by atoms with E-state index >= 15 is 0 Å². The Morgan fingerprint density at radius 1 is 1.20 bits per heavy atom. The topological polar surface area (TPSA) is 30.7 Å². The summed E-state index contributed by atoms with van der Waals surface area (Å²) in [6.07, 6.45) is 1.84. The number of imidazole rings is 1. The highest BCUT2D eigenvalue weighted by Gasteiger charge is 2.19. The third-order valence-corrected chi connectivity index (χ3v) is 4.09. The molecule has 0 aliphatic carbocycles. The van der Waals surface area contributed by atoms with Crippen LogP contribution in [-0.4, -0.2) is 14.5 Å². The van der Waals surface area contributed by atoms with Gasteiger partial charge in [0.05, 0.1) is 4.88 Å². The maximum atomic E-state index is 4.79. The van der Waals surface area contributed by atoms with E-state index < -0.39 is 0 Å². The van der Waals surface area contributed by atoms with Crippen molar-refractivity contribution in [3.8, 4) is 10.7 Å². The number of nitrogens with zero attached hydrogens (tertiary/aromatic N) is 3. The molecule has 0 radical (unpaired) electrons. The Kier molecular flexibility index (Phi) is 3.13. The van der Waals surface area contributed by atoms with Gasteiger partial charge in [0.2, 0.25) is 0 Å². The Hall–Kier alpha value is -1.68. The molecule has 0 aliphatic rings. The molecule has 0 aromatic carbocycles. The van der Waals surface area contributed by atoms with Crippen LogP contribution in [0.1, 0.15) is 25.6 Å². The predicted molar refractivity (Wildman–Crippen MR) is 85.0 cm³/mol. The number of pyridine rings is 1. The summed E-state index contributed by atoms with van der Waals surface area (Å²) in [5.41, 5.74) is 2.13. The van der Waals surface area contributed by atoms with Gasteiger partial charge in [-0.1, -0.05) is 20.8 Å². The lowest BCUT2D eigenvalue weighted by atomic mass is 9.97. The van der Waals surface area contributed by atoms with Gasteiger partial charge in [0, 0.05) is 17.6 Å². The lowest BCUT2D eigenvalue weighted by molar-refractivity contribution is 0.349. The quantitative estimate of drug-likeness (QED) is 0.693. The lowest BCUT2D eigenvalue weighted by Crippen LogP contribution is -2.16. The van der Waals surface area contributed by atoms with Crippen molar-refractivity contribution in [3.05, 3.63) is 35.3 Å². The number of aryl methyl sites for hydroxylation is 1. The fraction of sp³-hybridized carbons (Fsp3) is 0.375. The molecule has 0 bridgehead atoms. The van der Waals surface area contributed by atoms with Gasteiger partial charge in [0.25, 0.3) is 0 Å². The summed E-state index contributed by atoms with van der Waals surface area (Å²) < 4.78 is 2.25. The first-order chi connectivity index (χ1) is 9.44. The average molecular weight is 285 g/mol. The molecule has 0 amide bonds. The lowest BCUT2D eigenvalue weighted by Gasteiger charge is -2.20. The molecule has 0 atom stereocenters. The first kappa shape index (κ1) is 13.3. The van der Waals surface area contributed by atoms with Crippen LogP contribution in [0.5, 0.6) is 0 Å². The van der Waals surface area contributed by atoms with Crippen molar-refractivity contribution in [2.24, 2.45) is 5.41 Å². The van der Waals surface area contributed by atoms with Gasteiger partial charge in [-0.3, -0.25) is 0 Å². The third-order valence-electron chi connectivity index (χ3n) is 3.10. The Morgan fingerprint density at radius 3 is 2.65 bits per heavy atom. The van der Waals surface area contributed by atoms with Crippen LogP contribution in [0, 0.1) is 12.3 Å². The molecule has 0 N–H and O–H groups in total. The summed E-state index contributed by atoms with van der Waals surface area (Å²) in [4.78, 5) is 11.8. The van der Waals surface area contributed by atoms with E-state index in [2.05, 4.69) is 49.4 Å². The molecule has 4 heteroatoms. The largest absolute Gasteiger partial charge is 0.307 e. The second-order valence-electron chi connectivity index (χ2n) is 6.34. The monoisotopic (exact) mass is 285 g/mol. The van der Waals surface area contributed by atoms with Gasteiger partial charge in [0.1, 0.15) is 5.52 Å². The van der Waals surface area contributed by atoms with Crippen molar-refractivity contribution in [1.82, 2.24) is 14.5 Å². The van der Waals surface area contributed by atoms with Crippen LogP contribution >= 0.6 is 11.3 Å². The van der Waals surface area contributed by atoms with Gasteiger partial charge in [0.15, 0.2) is 11.5 Å². The van der Waals surface area contributed by atoms with Crippen LogP contribution in [0.2, 0.25) is 0 Å². The van der Waals surface area contributed by atoms with Crippen LogP contribution < -0.4 is 0 Å². The number of hydrogen-bond donors (Lipinski definition) is 0. The minimum absolute atomic E-state index is 0.187. The molecule has 3 nitrogen and oxygen atoms in total. The summed E-state index contributed by atoms with van der Waals surface area (Å²) in [6.45, 7) is 9.76. The fourth-order valence-corrected chi connectivity index (χ4v) is 3.19. The van der Waals surface area contributed by atoms with Crippen molar-refractivity contribution in [3.63, 3.8) is 0 Å². The van der Waals surface area contributed by atoms with Crippen LogP contribution in [-0.2, 0) is 6.54 Å². The highest BCUT2D eigenvalue weighted by molar-refractivity contribution is 7.15. The van der Waals surface area contributed by atoms with Gasteiger partial charge in [-0.05, 0) is 36.6 Å². The summed E-state index contributed by atoms with van der Waals surface area (Å²) >= 11 is 1.79. The summed E-state index contributed by atoms with van der Waals surface area (Å²) in [7, 11) is 0. The first-order valence-corrected chi connectivity index (χ1v) is 7.64. The number of fused-ring (bicyclic) bond motifs is 1. The van der Waals surface area contributed by atoms with E-state index in [0.29, 0.717) is 0 Å². The normalized spacial score (nSPS) is 12.2. The molecule has 0 saturated carbocycles. The van der Waals surface area contributed by atoms with Crippen LogP contribution in [0.15, 0.2) is 30.5 Å². The third kappa shape index (κ3) is 2.48. The van der Waals surface area contributed by atoms with Crippen LogP contribution in [0.3, 0.4) is 0 Å². The van der Waals surface area contributed by atoms with Gasteiger partial charge < -0.3 is 4.57 Å². The zero-order valence-corrected chi connectivity index (χ0v) is 13.2. The Balaban J connectivity index is 2.22. The van der Waals surface area contributed by atoms with Crippen molar-refractivity contribution in [2.45, 2.75) is 34.2 Å². The minimum atomic E-state index is 0.187. The van der Waals surface area contributed by atoms with E-state index in [0.717, 1.165) is 23.5 Å². The fourth-order valence-electron chi connectivity index (χ4n) is 2.33. The zero-order chi connectivity index (χ0) is 14.3. The number of aromatic nitrogens is 3. The van der Waals surface area contributed by atoms with Crippen molar-refractivity contribution >= 4 is 22.5 Å². The molecule has 104 valence electrons. The maximum Gasteiger partial charge on any atom is 0.160 e. The standard InChI is InChI=1S/C16H19N3S/c1-11-7-8-13(20-11)15-18-12-6-5-9-17-14(12)19(15)10-16(2,3)4/h5-9H,10H2,1-4H3. The number of thiophene rings is 1. The Labute approximate surface area is 123 Å². The van der Waals surface area contributed by atoms with E-state index in [4.69, 9.17) is 4.98 Å². The summed E-state index contributed by atoms with van der Waals surface area (Å²) in [5, 5.41) is 0. The zero-order valence-electron chi connectivity index (χ0n) is 12.3. The van der Waals surface area contributed by atoms with Crippen molar-refractivity contribution < 1.29 is 0 Å². The molecule has 0 fully saturated rings. The van der Waals surface area contributed by atoms with Gasteiger partial charge >= 0.3 is 0 Å². The molecular formula is C16H19N3S. The number of rotatable bonds is 2. The Bertz CT molecular complexity index is 747. The van der Waals surface area contributed by atoms with Crippen LogP contribution in [0.25, 0.3) is 21.9 Å². The first-order valence-electron chi connectivity index (χ1n) is 6.82. The van der Waals surface area contributed by atoms with Gasteiger partial charge in [-0.2, -0.15) is 0 Å². The molecule has 0 spiro atoms. The SMILES string of the molecule is Cc1ccc(-c2nc3cccnc3n2CC(C)(C)C)s1. The van der Waals surface area contributed by atoms with E-state index in [1.807, 2.05) is 18.3 Å². The molecule has 3 heterocycles. The second kappa shape index (κ2) is 4.70. The van der Waals surface area contributed by atoms with E-state index in [1.54, 1.807) is 11.3 Å². The number of hydrogen-bond acceptors (Lipinski definition) is 3. The highest BCUT2D eigenvalue weighted by Crippen LogP contribution is 2.31. The molecule has 0 aliphatic heterocycles. The predicted octanol–water partition coefficient (Wildman–Crippen LogP) is 4.51. The molecule has 3 aromatic heterocycles. The second-order valence-corrected chi connectivity index (χ2v) is 7.63. The van der Waals surface area contributed by atoms with E-state index in [1.165, 1.54) is 9.75 Å². The van der Waals surface area contributed by atoms with Crippen molar-refractivity contribution in [1.29, 1.82) is 0 Å².